The lowest BCUT2D eigenvalue weighted by molar-refractivity contribution is -0.142. The molecule has 0 bridgehead atoms. The summed E-state index contributed by atoms with van der Waals surface area (Å²) in [5.74, 6) is 0. The van der Waals surface area contributed by atoms with E-state index in [0.717, 1.165) is 6.07 Å². The molecule has 0 N–H and O–H groups in total. The van der Waals surface area contributed by atoms with Gasteiger partial charge < -0.3 is 0 Å². The summed E-state index contributed by atoms with van der Waals surface area (Å²) in [4.78, 5) is 0. The maximum atomic E-state index is 13.6. The number of alkyl halides is 6. The van der Waals surface area contributed by atoms with Crippen molar-refractivity contribution in [1.29, 1.82) is 0 Å². The van der Waals surface area contributed by atoms with E-state index in [-0.39, 0.29) is 22.8 Å². The zero-order valence-electron chi connectivity index (χ0n) is 14.1. The van der Waals surface area contributed by atoms with Crippen LogP contribution in [-0.4, -0.2) is 0 Å². The molecule has 0 aromatic heterocycles. The Kier molecular flexibility index (Phi) is 4.76. The molecule has 0 aliphatic rings. The van der Waals surface area contributed by atoms with E-state index in [1.165, 1.54) is 13.0 Å². The fraction of sp³-hybridized carbons (Fsp3) is 0.143. The molecule has 0 amide bonds. The normalized spacial score (nSPS) is 12.3. The van der Waals surface area contributed by atoms with E-state index in [2.05, 4.69) is 0 Å². The molecule has 6 heteroatoms. The maximum Gasteiger partial charge on any atom is 0.417 e. The van der Waals surface area contributed by atoms with Gasteiger partial charge in [0.15, 0.2) is 0 Å². The van der Waals surface area contributed by atoms with Crippen molar-refractivity contribution in [1.82, 2.24) is 0 Å². The van der Waals surface area contributed by atoms with Gasteiger partial charge in [0.05, 0.1) is 11.1 Å². The van der Waals surface area contributed by atoms with Gasteiger partial charge in [0, 0.05) is 0 Å². The van der Waals surface area contributed by atoms with Crippen molar-refractivity contribution in [3.05, 3.63) is 83.4 Å². The van der Waals surface area contributed by atoms with Crippen LogP contribution < -0.4 is 0 Å². The van der Waals surface area contributed by atoms with Gasteiger partial charge in [-0.25, -0.2) is 0 Å². The first-order valence-electron chi connectivity index (χ1n) is 8.03. The maximum absolute atomic E-state index is 13.6. The number of halogens is 6. The second-order valence-electron chi connectivity index (χ2n) is 6.12. The van der Waals surface area contributed by atoms with Crippen LogP contribution in [0, 0.1) is 6.92 Å². The highest BCUT2D eigenvalue weighted by Crippen LogP contribution is 2.45. The van der Waals surface area contributed by atoms with E-state index in [9.17, 15) is 26.3 Å². The Bertz CT molecular complexity index is 953. The third kappa shape index (κ3) is 3.84. The largest absolute Gasteiger partial charge is 0.417 e. The minimum atomic E-state index is -4.93. The number of rotatable bonds is 2. The van der Waals surface area contributed by atoms with Crippen LogP contribution in [0.4, 0.5) is 26.3 Å². The van der Waals surface area contributed by atoms with Gasteiger partial charge in [-0.3, -0.25) is 0 Å². The van der Waals surface area contributed by atoms with Gasteiger partial charge in [-0.15, -0.1) is 0 Å². The molecule has 0 aliphatic heterocycles. The first-order chi connectivity index (χ1) is 12.6. The molecule has 0 aliphatic carbocycles. The predicted molar refractivity (Wildman–Crippen MR) is 92.1 cm³/mol. The fourth-order valence-electron chi connectivity index (χ4n) is 3.10. The summed E-state index contributed by atoms with van der Waals surface area (Å²) in [6.45, 7) is 1.27. The molecule has 0 fully saturated rings. The van der Waals surface area contributed by atoms with E-state index < -0.39 is 23.5 Å². The molecular weight excluding hydrogens is 366 g/mol. The lowest BCUT2D eigenvalue weighted by Gasteiger charge is -2.20. The summed E-state index contributed by atoms with van der Waals surface area (Å²) >= 11 is 0. The van der Waals surface area contributed by atoms with E-state index in [4.69, 9.17) is 0 Å². The van der Waals surface area contributed by atoms with E-state index >= 15 is 0 Å². The van der Waals surface area contributed by atoms with Gasteiger partial charge >= 0.3 is 12.4 Å². The zero-order valence-corrected chi connectivity index (χ0v) is 14.1. The topological polar surface area (TPSA) is 0 Å². The molecule has 3 aromatic carbocycles. The molecule has 0 atom stereocenters. The Balaban J connectivity index is 2.34. The van der Waals surface area contributed by atoms with Gasteiger partial charge in [-0.2, -0.15) is 26.3 Å². The molecule has 3 aromatic rings. The van der Waals surface area contributed by atoms with Gasteiger partial charge in [0.1, 0.15) is 0 Å². The van der Waals surface area contributed by atoms with Crippen molar-refractivity contribution in [2.45, 2.75) is 19.3 Å². The van der Waals surface area contributed by atoms with Crippen molar-refractivity contribution in [3.63, 3.8) is 0 Å². The van der Waals surface area contributed by atoms with E-state index in [1.54, 1.807) is 48.5 Å². The highest BCUT2D eigenvalue weighted by Gasteiger charge is 2.39. The Morgan fingerprint density at radius 3 is 1.74 bits per heavy atom. The number of hydrogen-bond donors (Lipinski definition) is 0. The van der Waals surface area contributed by atoms with Crippen LogP contribution in [0.5, 0.6) is 0 Å². The van der Waals surface area contributed by atoms with Gasteiger partial charge in [0.2, 0.25) is 0 Å². The molecule has 0 unspecified atom stereocenters. The third-order valence-corrected chi connectivity index (χ3v) is 4.25. The summed E-state index contributed by atoms with van der Waals surface area (Å²) < 4.78 is 80.1. The van der Waals surface area contributed by atoms with Crippen LogP contribution in [0.15, 0.2) is 66.7 Å². The highest BCUT2D eigenvalue weighted by atomic mass is 19.4. The van der Waals surface area contributed by atoms with Crippen LogP contribution in [0.1, 0.15) is 16.7 Å². The van der Waals surface area contributed by atoms with Crippen LogP contribution in [0.25, 0.3) is 22.3 Å². The third-order valence-electron chi connectivity index (χ3n) is 4.25. The summed E-state index contributed by atoms with van der Waals surface area (Å²) in [7, 11) is 0. The van der Waals surface area contributed by atoms with Crippen LogP contribution in [0.2, 0.25) is 0 Å². The molecule has 0 heterocycles. The number of benzene rings is 3. The minimum absolute atomic E-state index is 0.0828. The Labute approximate surface area is 152 Å². The summed E-state index contributed by atoms with van der Waals surface area (Å²) in [6, 6.07) is 16.1. The second kappa shape index (κ2) is 6.76. The average Bonchev–Trinajstić information content (AvgIpc) is 2.60. The molecule has 27 heavy (non-hydrogen) atoms. The van der Waals surface area contributed by atoms with E-state index in [1.807, 2.05) is 0 Å². The van der Waals surface area contributed by atoms with Crippen molar-refractivity contribution in [3.8, 4) is 22.3 Å². The molecule has 3 rings (SSSR count). The summed E-state index contributed by atoms with van der Waals surface area (Å²) in [6.07, 6.45) is -9.78. The van der Waals surface area contributed by atoms with Crippen LogP contribution in [0.3, 0.4) is 0 Å². The van der Waals surface area contributed by atoms with Crippen molar-refractivity contribution >= 4 is 0 Å². The first kappa shape index (κ1) is 19.0. The van der Waals surface area contributed by atoms with Crippen molar-refractivity contribution in [2.75, 3.05) is 0 Å². The standard InChI is InChI=1S/C21H14F6/c1-13-11-15(20(22,23)24)12-18(21(25,26)27)19(13)17-10-6-5-9-16(17)14-7-3-2-4-8-14/h2-12H,1H3. The number of hydrogen-bond acceptors (Lipinski definition) is 0. The SMILES string of the molecule is Cc1cc(C(F)(F)F)cc(C(F)(F)F)c1-c1ccccc1-c1ccccc1. The monoisotopic (exact) mass is 380 g/mol. The Hall–Kier alpha value is -2.76. The zero-order chi connectivity index (χ0) is 19.8. The smallest absolute Gasteiger partial charge is 0.166 e. The van der Waals surface area contributed by atoms with E-state index in [0.29, 0.717) is 11.1 Å². The quantitative estimate of drug-likeness (QED) is 0.407. The Morgan fingerprint density at radius 1 is 0.630 bits per heavy atom. The molecule has 140 valence electrons. The lowest BCUT2D eigenvalue weighted by Crippen LogP contribution is -2.13. The molecule has 0 radical (unpaired) electrons. The first-order valence-corrected chi connectivity index (χ1v) is 8.03. The minimum Gasteiger partial charge on any atom is -0.166 e. The lowest BCUT2D eigenvalue weighted by atomic mass is 9.87. The van der Waals surface area contributed by atoms with Gasteiger partial charge in [-0.1, -0.05) is 54.6 Å². The average molecular weight is 380 g/mol. The van der Waals surface area contributed by atoms with Gasteiger partial charge in [-0.05, 0) is 46.9 Å². The summed E-state index contributed by atoms with van der Waals surface area (Å²) in [5.41, 5.74) is -1.49. The second-order valence-corrected chi connectivity index (χ2v) is 6.12. The fourth-order valence-corrected chi connectivity index (χ4v) is 3.10. The summed E-state index contributed by atoms with van der Waals surface area (Å²) in [5, 5.41) is 0. The highest BCUT2D eigenvalue weighted by molar-refractivity contribution is 5.86. The molecule has 0 saturated carbocycles. The van der Waals surface area contributed by atoms with Gasteiger partial charge in [0.25, 0.3) is 0 Å². The Morgan fingerprint density at radius 2 is 1.19 bits per heavy atom. The van der Waals surface area contributed by atoms with Crippen LogP contribution >= 0.6 is 0 Å². The molecular formula is C21H14F6. The molecule has 0 nitrogen and oxygen atoms in total. The van der Waals surface area contributed by atoms with Crippen molar-refractivity contribution < 1.29 is 26.3 Å². The molecule has 0 saturated heterocycles. The van der Waals surface area contributed by atoms with Crippen molar-refractivity contribution in [2.24, 2.45) is 0 Å². The number of aryl methyl sites for hydroxylation is 1. The molecule has 0 spiro atoms. The van der Waals surface area contributed by atoms with Crippen LogP contribution in [-0.2, 0) is 12.4 Å². The predicted octanol–water partition coefficient (Wildman–Crippen LogP) is 7.37.